The van der Waals surface area contributed by atoms with Gasteiger partial charge in [0.2, 0.25) is 5.91 Å². The van der Waals surface area contributed by atoms with E-state index in [9.17, 15) is 9.59 Å². The lowest BCUT2D eigenvalue weighted by atomic mass is 10.1. The Bertz CT molecular complexity index is 1250. The number of fused-ring (bicyclic) bond motifs is 3. The summed E-state index contributed by atoms with van der Waals surface area (Å²) in [4.78, 5) is 26.0. The summed E-state index contributed by atoms with van der Waals surface area (Å²) >= 11 is 1.58. The monoisotopic (exact) mass is 410 g/mol. The van der Waals surface area contributed by atoms with Crippen molar-refractivity contribution in [3.05, 3.63) is 63.5 Å². The number of hydrogen-bond donors (Lipinski definition) is 1. The molecule has 1 N–H and O–H groups in total. The maximum absolute atomic E-state index is 13.1. The average molecular weight is 410 g/mol. The zero-order valence-corrected chi connectivity index (χ0v) is 17.3. The minimum Gasteiger partial charge on any atom is -0.496 e. The number of aromatic nitrogens is 3. The highest BCUT2D eigenvalue weighted by Crippen LogP contribution is 2.25. The number of amides is 1. The lowest BCUT2D eigenvalue weighted by Gasteiger charge is -2.18. The third-order valence-corrected chi connectivity index (χ3v) is 5.91. The van der Waals surface area contributed by atoms with Gasteiger partial charge in [-0.1, -0.05) is 25.1 Å². The Morgan fingerprint density at radius 3 is 2.83 bits per heavy atom. The second-order valence-corrected chi connectivity index (χ2v) is 7.73. The number of para-hydroxylation sites is 1. The van der Waals surface area contributed by atoms with Crippen molar-refractivity contribution in [1.29, 1.82) is 0 Å². The first-order valence-electron chi connectivity index (χ1n) is 9.42. The number of rotatable bonds is 6. The van der Waals surface area contributed by atoms with E-state index in [0.29, 0.717) is 30.1 Å². The van der Waals surface area contributed by atoms with Crippen molar-refractivity contribution in [2.45, 2.75) is 32.9 Å². The Morgan fingerprint density at radius 1 is 1.28 bits per heavy atom. The summed E-state index contributed by atoms with van der Waals surface area (Å²) in [6.07, 6.45) is 0.454. The third kappa shape index (κ3) is 3.29. The fourth-order valence-electron chi connectivity index (χ4n) is 3.62. The fraction of sp³-hybridized carbons (Fsp3) is 0.286. The summed E-state index contributed by atoms with van der Waals surface area (Å²) in [5.74, 6) is 1.13. The van der Waals surface area contributed by atoms with Crippen LogP contribution in [0.5, 0.6) is 5.75 Å². The van der Waals surface area contributed by atoms with Gasteiger partial charge < -0.3 is 10.1 Å². The van der Waals surface area contributed by atoms with Crippen molar-refractivity contribution in [2.24, 2.45) is 0 Å². The number of thiophene rings is 1. The van der Waals surface area contributed by atoms with Gasteiger partial charge >= 0.3 is 0 Å². The molecule has 0 spiro atoms. The molecule has 3 aromatic heterocycles. The van der Waals surface area contributed by atoms with Crippen LogP contribution >= 0.6 is 11.3 Å². The molecule has 0 aliphatic rings. The molecule has 4 rings (SSSR count). The summed E-state index contributed by atoms with van der Waals surface area (Å²) in [7, 11) is 1.60. The molecule has 0 saturated carbocycles. The van der Waals surface area contributed by atoms with Crippen LogP contribution in [0.2, 0.25) is 0 Å². The minimum absolute atomic E-state index is 0.245. The van der Waals surface area contributed by atoms with Crippen molar-refractivity contribution in [3.63, 3.8) is 0 Å². The Balaban J connectivity index is 1.66. The molecule has 0 aliphatic heterocycles. The topological polar surface area (TPSA) is 77.6 Å². The van der Waals surface area contributed by atoms with Crippen molar-refractivity contribution >= 4 is 33.0 Å². The van der Waals surface area contributed by atoms with E-state index in [2.05, 4.69) is 10.4 Å². The second kappa shape index (κ2) is 7.71. The number of nitrogens with one attached hydrogen (secondary N) is 1. The predicted molar refractivity (Wildman–Crippen MR) is 114 cm³/mol. The lowest BCUT2D eigenvalue weighted by molar-refractivity contribution is -0.125. The molecule has 7 nitrogen and oxygen atoms in total. The molecule has 150 valence electrons. The molecule has 0 fully saturated rings. The molecule has 0 bridgehead atoms. The number of aryl methyl sites for hydroxylation is 1. The average Bonchev–Trinajstić information content (AvgIpc) is 3.32. The highest BCUT2D eigenvalue weighted by molar-refractivity contribution is 7.17. The molecule has 4 aromatic rings. The van der Waals surface area contributed by atoms with Gasteiger partial charge in [0.15, 0.2) is 0 Å². The van der Waals surface area contributed by atoms with Crippen LogP contribution in [-0.4, -0.2) is 27.2 Å². The number of ether oxygens (including phenoxy) is 1. The zero-order valence-electron chi connectivity index (χ0n) is 16.5. The van der Waals surface area contributed by atoms with E-state index in [1.54, 1.807) is 18.4 Å². The quantitative estimate of drug-likeness (QED) is 0.529. The van der Waals surface area contributed by atoms with Crippen LogP contribution in [0.1, 0.15) is 30.8 Å². The van der Waals surface area contributed by atoms with Gasteiger partial charge in [-0.25, -0.2) is 4.68 Å². The molecular weight excluding hydrogens is 388 g/mol. The van der Waals surface area contributed by atoms with E-state index in [0.717, 1.165) is 15.8 Å². The van der Waals surface area contributed by atoms with Crippen LogP contribution in [-0.2, 0) is 11.3 Å². The Morgan fingerprint density at radius 2 is 2.07 bits per heavy atom. The molecule has 0 radical (unpaired) electrons. The van der Waals surface area contributed by atoms with Crippen LogP contribution < -0.4 is 15.6 Å². The molecular formula is C21H22N4O3S. The second-order valence-electron chi connectivity index (χ2n) is 6.79. The molecule has 0 saturated heterocycles. The van der Waals surface area contributed by atoms with Gasteiger partial charge in [-0.15, -0.1) is 11.3 Å². The Labute approximate surface area is 171 Å². The van der Waals surface area contributed by atoms with Crippen LogP contribution in [0, 0.1) is 6.92 Å². The van der Waals surface area contributed by atoms with E-state index in [4.69, 9.17) is 4.74 Å². The highest BCUT2D eigenvalue weighted by Gasteiger charge is 2.23. The normalized spacial score (nSPS) is 12.4. The fourth-order valence-corrected chi connectivity index (χ4v) is 4.43. The first-order chi connectivity index (χ1) is 14.0. The number of nitrogens with zero attached hydrogens (tertiary/aromatic N) is 3. The van der Waals surface area contributed by atoms with E-state index >= 15 is 0 Å². The van der Waals surface area contributed by atoms with Crippen molar-refractivity contribution < 1.29 is 9.53 Å². The van der Waals surface area contributed by atoms with Gasteiger partial charge in [0.25, 0.3) is 5.56 Å². The minimum atomic E-state index is -0.686. The summed E-state index contributed by atoms with van der Waals surface area (Å²) in [6, 6.07) is 10.7. The van der Waals surface area contributed by atoms with Gasteiger partial charge in [-0.05, 0) is 36.9 Å². The number of carbonyl (C=O) groups is 1. The number of benzene rings is 1. The summed E-state index contributed by atoms with van der Waals surface area (Å²) in [5, 5.41) is 9.37. The van der Waals surface area contributed by atoms with Gasteiger partial charge in [-0.3, -0.25) is 14.0 Å². The smallest absolute Gasteiger partial charge is 0.291 e. The molecule has 1 aromatic carbocycles. The van der Waals surface area contributed by atoms with Gasteiger partial charge in [-0.2, -0.15) is 5.10 Å². The van der Waals surface area contributed by atoms with E-state index < -0.39 is 6.04 Å². The molecule has 1 atom stereocenters. The van der Waals surface area contributed by atoms with Gasteiger partial charge in [0.05, 0.1) is 17.3 Å². The Kier molecular flexibility index (Phi) is 5.10. The number of carbonyl (C=O) groups excluding carboxylic acids is 1. The molecule has 1 amide bonds. The van der Waals surface area contributed by atoms with Crippen LogP contribution in [0.3, 0.4) is 0 Å². The van der Waals surface area contributed by atoms with Crippen molar-refractivity contribution in [1.82, 2.24) is 19.5 Å². The third-order valence-electron chi connectivity index (χ3n) is 5.06. The zero-order chi connectivity index (χ0) is 20.5. The van der Waals surface area contributed by atoms with Crippen molar-refractivity contribution in [2.75, 3.05) is 7.11 Å². The summed E-state index contributed by atoms with van der Waals surface area (Å²) < 4.78 is 9.52. The largest absolute Gasteiger partial charge is 0.496 e. The first kappa shape index (κ1) is 19.2. The SMILES string of the molecule is CCC(C(=O)NCc1ccccc1OC)n1nc(C)n2c(cc3sccc32)c1=O. The first-order valence-corrected chi connectivity index (χ1v) is 10.3. The number of methoxy groups -OCH3 is 1. The standard InChI is InChI=1S/C21H22N4O3S/c1-4-15(20(26)22-12-14-7-5-6-8-18(14)28-3)25-21(27)17-11-19-16(9-10-29-19)24(17)13(2)23-25/h5-11,15H,4,12H2,1-3H3,(H,22,26). The van der Waals surface area contributed by atoms with Gasteiger partial charge in [0.1, 0.15) is 23.1 Å². The summed E-state index contributed by atoms with van der Waals surface area (Å²) in [6.45, 7) is 4.04. The lowest BCUT2D eigenvalue weighted by Crippen LogP contribution is -2.39. The van der Waals surface area contributed by atoms with E-state index in [1.807, 2.05) is 60.0 Å². The predicted octanol–water partition coefficient (Wildman–Crippen LogP) is 3.30. The molecule has 1 unspecified atom stereocenters. The van der Waals surface area contributed by atoms with Crippen LogP contribution in [0.25, 0.3) is 15.7 Å². The maximum atomic E-state index is 13.1. The Hall–Kier alpha value is -3.13. The van der Waals surface area contributed by atoms with Gasteiger partial charge in [0, 0.05) is 12.1 Å². The van der Waals surface area contributed by atoms with Crippen LogP contribution in [0.15, 0.2) is 46.6 Å². The summed E-state index contributed by atoms with van der Waals surface area (Å²) in [5.41, 5.74) is 2.11. The number of hydrogen-bond acceptors (Lipinski definition) is 5. The molecule has 3 heterocycles. The maximum Gasteiger partial charge on any atom is 0.291 e. The van der Waals surface area contributed by atoms with Crippen molar-refractivity contribution in [3.8, 4) is 5.75 Å². The molecule has 29 heavy (non-hydrogen) atoms. The van der Waals surface area contributed by atoms with E-state index in [-0.39, 0.29) is 11.5 Å². The highest BCUT2D eigenvalue weighted by atomic mass is 32.1. The molecule has 8 heteroatoms. The van der Waals surface area contributed by atoms with E-state index in [1.165, 1.54) is 4.68 Å². The molecule has 0 aliphatic carbocycles. The van der Waals surface area contributed by atoms with Crippen LogP contribution in [0.4, 0.5) is 0 Å².